The molecule has 0 spiro atoms. The number of alkyl halides is 3. The number of hydrogen-bond donors (Lipinski definition) is 2. The van der Waals surface area contributed by atoms with Crippen LogP contribution in [-0.4, -0.2) is 18.4 Å². The van der Waals surface area contributed by atoms with E-state index in [1.165, 1.54) is 19.1 Å². The summed E-state index contributed by atoms with van der Waals surface area (Å²) in [6, 6.07) is 11.4. The Morgan fingerprint density at radius 3 is 2.41 bits per heavy atom. The number of ether oxygens (including phenoxy) is 1. The van der Waals surface area contributed by atoms with Gasteiger partial charge in [0.1, 0.15) is 11.8 Å². The van der Waals surface area contributed by atoms with E-state index in [4.69, 9.17) is 10.00 Å². The Kier molecular flexibility index (Phi) is 6.98. The Labute approximate surface area is 164 Å². The van der Waals surface area contributed by atoms with Gasteiger partial charge in [0, 0.05) is 18.7 Å². The molecule has 6 nitrogen and oxygen atoms in total. The number of amides is 2. The van der Waals surface area contributed by atoms with Crippen molar-refractivity contribution in [3.63, 3.8) is 0 Å². The molecule has 2 aromatic rings. The first-order chi connectivity index (χ1) is 13.7. The third-order valence-corrected chi connectivity index (χ3v) is 3.51. The summed E-state index contributed by atoms with van der Waals surface area (Å²) in [6.45, 7) is 1.08. The number of nitriles is 1. The molecular formula is C20H16F3N3O3. The molecule has 29 heavy (non-hydrogen) atoms. The SMILES string of the molecule is CC(=O)Nc1ccc(NC(=O)/C=C/c2ccc(OCC#N)cc2)c(C(F)(F)F)c1. The number of hydrogen-bond acceptors (Lipinski definition) is 4. The van der Waals surface area contributed by atoms with Crippen LogP contribution >= 0.6 is 0 Å². The summed E-state index contributed by atoms with van der Waals surface area (Å²) in [5, 5.41) is 12.9. The molecule has 0 radical (unpaired) electrons. The second-order valence-corrected chi connectivity index (χ2v) is 5.78. The predicted molar refractivity (Wildman–Crippen MR) is 101 cm³/mol. The van der Waals surface area contributed by atoms with Crippen LogP contribution in [0.5, 0.6) is 5.75 Å². The fraction of sp³-hybridized carbons (Fsp3) is 0.150. The van der Waals surface area contributed by atoms with Crippen LogP contribution < -0.4 is 15.4 Å². The molecule has 9 heteroatoms. The minimum atomic E-state index is -4.72. The lowest BCUT2D eigenvalue weighted by atomic mass is 10.1. The molecule has 2 amide bonds. The highest BCUT2D eigenvalue weighted by Crippen LogP contribution is 2.36. The maximum absolute atomic E-state index is 13.3. The van der Waals surface area contributed by atoms with Crippen molar-refractivity contribution >= 4 is 29.3 Å². The van der Waals surface area contributed by atoms with Crippen molar-refractivity contribution in [1.82, 2.24) is 0 Å². The summed E-state index contributed by atoms with van der Waals surface area (Å²) < 4.78 is 44.9. The molecule has 0 saturated carbocycles. The summed E-state index contributed by atoms with van der Waals surface area (Å²) in [6.07, 6.45) is -2.21. The van der Waals surface area contributed by atoms with Gasteiger partial charge < -0.3 is 15.4 Å². The van der Waals surface area contributed by atoms with Crippen LogP contribution in [0, 0.1) is 11.3 Å². The minimum Gasteiger partial charge on any atom is -0.479 e. The minimum absolute atomic E-state index is 0.0305. The molecule has 0 bridgehead atoms. The summed E-state index contributed by atoms with van der Waals surface area (Å²) >= 11 is 0. The van der Waals surface area contributed by atoms with E-state index in [9.17, 15) is 22.8 Å². The number of anilines is 2. The number of nitrogens with zero attached hydrogens (tertiary/aromatic N) is 1. The number of halogens is 3. The van der Waals surface area contributed by atoms with Gasteiger partial charge in [0.05, 0.1) is 11.3 Å². The summed E-state index contributed by atoms with van der Waals surface area (Å²) in [7, 11) is 0. The van der Waals surface area contributed by atoms with E-state index in [-0.39, 0.29) is 12.3 Å². The third-order valence-electron chi connectivity index (χ3n) is 3.51. The first kappa shape index (κ1) is 21.5. The first-order valence-electron chi connectivity index (χ1n) is 8.27. The average molecular weight is 403 g/mol. The molecule has 2 rings (SSSR count). The molecule has 150 valence electrons. The highest BCUT2D eigenvalue weighted by Gasteiger charge is 2.34. The first-order valence-corrected chi connectivity index (χ1v) is 8.27. The summed E-state index contributed by atoms with van der Waals surface area (Å²) in [5.74, 6) is -0.795. The second-order valence-electron chi connectivity index (χ2n) is 5.78. The number of rotatable bonds is 6. The van der Waals surface area contributed by atoms with Gasteiger partial charge in [-0.1, -0.05) is 12.1 Å². The highest BCUT2D eigenvalue weighted by molar-refractivity contribution is 6.02. The Balaban J connectivity index is 2.12. The van der Waals surface area contributed by atoms with Gasteiger partial charge in [-0.2, -0.15) is 18.4 Å². The van der Waals surface area contributed by atoms with Crippen LogP contribution in [0.2, 0.25) is 0 Å². The maximum Gasteiger partial charge on any atom is 0.418 e. The van der Waals surface area contributed by atoms with Crippen LogP contribution in [0.4, 0.5) is 24.5 Å². The van der Waals surface area contributed by atoms with E-state index in [0.717, 1.165) is 18.2 Å². The number of carbonyl (C=O) groups excluding carboxylic acids is 2. The zero-order valence-corrected chi connectivity index (χ0v) is 15.2. The molecule has 0 atom stereocenters. The fourth-order valence-corrected chi connectivity index (χ4v) is 2.31. The van der Waals surface area contributed by atoms with Gasteiger partial charge in [-0.15, -0.1) is 0 Å². The lowest BCUT2D eigenvalue weighted by Gasteiger charge is -2.15. The highest BCUT2D eigenvalue weighted by atomic mass is 19.4. The molecule has 2 N–H and O–H groups in total. The monoisotopic (exact) mass is 403 g/mol. The zero-order chi connectivity index (χ0) is 21.4. The topological polar surface area (TPSA) is 91.2 Å². The second kappa shape index (κ2) is 9.41. The third kappa shape index (κ3) is 6.70. The van der Waals surface area contributed by atoms with Crippen LogP contribution in [0.3, 0.4) is 0 Å². The summed E-state index contributed by atoms with van der Waals surface area (Å²) in [5.41, 5.74) is -0.926. The molecule has 0 aromatic heterocycles. The largest absolute Gasteiger partial charge is 0.479 e. The Bertz CT molecular complexity index is 962. The van der Waals surface area contributed by atoms with Gasteiger partial charge in [0.15, 0.2) is 6.61 Å². The van der Waals surface area contributed by atoms with Crippen molar-refractivity contribution in [2.24, 2.45) is 0 Å². The number of benzene rings is 2. The standard InChI is InChI=1S/C20H16F3N3O3/c1-13(27)25-15-5-8-18(17(12-15)20(21,22)23)26-19(28)9-4-14-2-6-16(7-3-14)29-11-10-24/h2-9,12H,11H2,1H3,(H,25,27)(H,26,28)/b9-4+. The van der Waals surface area contributed by atoms with Crippen molar-refractivity contribution in [3.05, 3.63) is 59.7 Å². The van der Waals surface area contributed by atoms with Gasteiger partial charge >= 0.3 is 6.18 Å². The molecule has 2 aromatic carbocycles. The lowest BCUT2D eigenvalue weighted by molar-refractivity contribution is -0.137. The van der Waals surface area contributed by atoms with E-state index in [0.29, 0.717) is 11.3 Å². The summed E-state index contributed by atoms with van der Waals surface area (Å²) in [4.78, 5) is 23.1. The molecular weight excluding hydrogens is 387 g/mol. The van der Waals surface area contributed by atoms with Crippen LogP contribution in [0.25, 0.3) is 6.08 Å². The number of carbonyl (C=O) groups is 2. The van der Waals surface area contributed by atoms with Crippen molar-refractivity contribution in [2.45, 2.75) is 13.1 Å². The van der Waals surface area contributed by atoms with E-state index >= 15 is 0 Å². The Morgan fingerprint density at radius 2 is 1.83 bits per heavy atom. The van der Waals surface area contributed by atoms with Crippen molar-refractivity contribution in [1.29, 1.82) is 5.26 Å². The average Bonchev–Trinajstić information content (AvgIpc) is 2.65. The van der Waals surface area contributed by atoms with Crippen molar-refractivity contribution in [2.75, 3.05) is 17.2 Å². The quantitative estimate of drug-likeness (QED) is 0.707. The fourth-order valence-electron chi connectivity index (χ4n) is 2.31. The molecule has 0 heterocycles. The van der Waals surface area contributed by atoms with Gasteiger partial charge in [-0.05, 0) is 42.0 Å². The van der Waals surface area contributed by atoms with Crippen molar-refractivity contribution in [3.8, 4) is 11.8 Å². The number of nitrogens with one attached hydrogen (secondary N) is 2. The normalized spacial score (nSPS) is 11.0. The lowest BCUT2D eigenvalue weighted by Crippen LogP contribution is -2.16. The van der Waals surface area contributed by atoms with Gasteiger partial charge in [0.2, 0.25) is 11.8 Å². The van der Waals surface area contributed by atoms with Crippen LogP contribution in [0.1, 0.15) is 18.1 Å². The molecule has 0 aliphatic heterocycles. The van der Waals surface area contributed by atoms with Gasteiger partial charge in [0.25, 0.3) is 0 Å². The Hall–Kier alpha value is -3.80. The van der Waals surface area contributed by atoms with Gasteiger partial charge in [-0.25, -0.2) is 0 Å². The predicted octanol–water partition coefficient (Wildman–Crippen LogP) is 4.22. The van der Waals surface area contributed by atoms with Gasteiger partial charge in [-0.3, -0.25) is 9.59 Å². The molecule has 0 unspecified atom stereocenters. The molecule has 0 saturated heterocycles. The molecule has 0 aliphatic carbocycles. The van der Waals surface area contributed by atoms with E-state index in [1.807, 2.05) is 6.07 Å². The van der Waals surface area contributed by atoms with Crippen molar-refractivity contribution < 1.29 is 27.5 Å². The molecule has 0 aliphatic rings. The van der Waals surface area contributed by atoms with E-state index in [1.54, 1.807) is 24.3 Å². The van der Waals surface area contributed by atoms with E-state index in [2.05, 4.69) is 10.6 Å². The smallest absolute Gasteiger partial charge is 0.418 e. The van der Waals surface area contributed by atoms with Crippen LogP contribution in [-0.2, 0) is 15.8 Å². The Morgan fingerprint density at radius 1 is 1.14 bits per heavy atom. The maximum atomic E-state index is 13.3. The van der Waals surface area contributed by atoms with Crippen LogP contribution in [0.15, 0.2) is 48.5 Å². The zero-order valence-electron chi connectivity index (χ0n) is 15.2. The van der Waals surface area contributed by atoms with E-state index < -0.39 is 29.2 Å². The molecule has 0 fully saturated rings.